The number of hydrogen-bond acceptors (Lipinski definition) is 3. The molecule has 6 heteroatoms. The number of nitrogens with two attached hydrogens (primary N) is 1. The Bertz CT molecular complexity index is 414. The second kappa shape index (κ2) is 7.29. The lowest BCUT2D eigenvalue weighted by Gasteiger charge is -2.38. The topological polar surface area (TPSA) is 47.3 Å². The molecule has 1 fully saturated rings. The zero-order valence-corrected chi connectivity index (χ0v) is 12.2. The van der Waals surface area contributed by atoms with Gasteiger partial charge in [-0.15, -0.1) is 12.4 Å². The standard InChI is InChI=1S/C13H18ClFN2O.ClH/c14-11-8-10(15)2-3-12(11)18-7-6-17-9-13(16)4-1-5-13;/h2-3,8,17H,1,4-7,9,16H2;1H. The summed E-state index contributed by atoms with van der Waals surface area (Å²) in [6, 6.07) is 4.11. The summed E-state index contributed by atoms with van der Waals surface area (Å²) in [4.78, 5) is 0. The zero-order chi connectivity index (χ0) is 13.0. The van der Waals surface area contributed by atoms with Gasteiger partial charge in [-0.25, -0.2) is 4.39 Å². The number of nitrogens with one attached hydrogen (secondary N) is 1. The van der Waals surface area contributed by atoms with Crippen molar-refractivity contribution < 1.29 is 9.13 Å². The minimum absolute atomic E-state index is 0. The molecule has 3 nitrogen and oxygen atoms in total. The number of hydrogen-bond donors (Lipinski definition) is 2. The zero-order valence-electron chi connectivity index (χ0n) is 10.6. The van der Waals surface area contributed by atoms with E-state index in [0.29, 0.717) is 23.9 Å². The van der Waals surface area contributed by atoms with Gasteiger partial charge in [-0.05, 0) is 37.5 Å². The Kier molecular flexibility index (Phi) is 6.33. The van der Waals surface area contributed by atoms with Crippen LogP contribution in [0.15, 0.2) is 18.2 Å². The second-order valence-electron chi connectivity index (χ2n) is 4.82. The Labute approximate surface area is 124 Å². The first kappa shape index (κ1) is 16.5. The first-order valence-corrected chi connectivity index (χ1v) is 6.54. The molecule has 0 spiro atoms. The van der Waals surface area contributed by atoms with Crippen LogP contribution in [0.2, 0.25) is 5.02 Å². The van der Waals surface area contributed by atoms with Crippen LogP contribution in [-0.4, -0.2) is 25.2 Å². The first-order valence-electron chi connectivity index (χ1n) is 6.17. The molecule has 1 aliphatic carbocycles. The van der Waals surface area contributed by atoms with Crippen molar-refractivity contribution in [1.29, 1.82) is 0 Å². The number of halogens is 3. The third kappa shape index (κ3) is 4.80. The summed E-state index contributed by atoms with van der Waals surface area (Å²) >= 11 is 5.84. The Morgan fingerprint density at radius 2 is 2.16 bits per heavy atom. The summed E-state index contributed by atoms with van der Waals surface area (Å²) < 4.78 is 18.3. The lowest BCUT2D eigenvalue weighted by atomic mass is 9.78. The highest BCUT2D eigenvalue weighted by Gasteiger charge is 2.31. The van der Waals surface area contributed by atoms with Crippen molar-refractivity contribution in [3.8, 4) is 5.75 Å². The van der Waals surface area contributed by atoms with Crippen molar-refractivity contribution in [3.05, 3.63) is 29.0 Å². The van der Waals surface area contributed by atoms with E-state index in [4.69, 9.17) is 22.1 Å². The van der Waals surface area contributed by atoms with Crippen LogP contribution < -0.4 is 15.8 Å². The molecule has 2 rings (SSSR count). The summed E-state index contributed by atoms with van der Waals surface area (Å²) in [6.45, 7) is 2.00. The van der Waals surface area contributed by atoms with Crippen molar-refractivity contribution in [2.45, 2.75) is 24.8 Å². The van der Waals surface area contributed by atoms with Gasteiger partial charge in [0.1, 0.15) is 18.2 Å². The summed E-state index contributed by atoms with van der Waals surface area (Å²) in [5.41, 5.74) is 6.05. The van der Waals surface area contributed by atoms with Gasteiger partial charge in [0.15, 0.2) is 0 Å². The van der Waals surface area contributed by atoms with Crippen LogP contribution in [0, 0.1) is 5.82 Å². The average Bonchev–Trinajstić information content (AvgIpc) is 2.29. The van der Waals surface area contributed by atoms with Gasteiger partial charge in [0.2, 0.25) is 0 Å². The van der Waals surface area contributed by atoms with Crippen LogP contribution in [0.3, 0.4) is 0 Å². The Morgan fingerprint density at radius 3 is 2.74 bits per heavy atom. The van der Waals surface area contributed by atoms with E-state index in [2.05, 4.69) is 5.32 Å². The molecule has 0 unspecified atom stereocenters. The Hall–Kier alpha value is -0.550. The van der Waals surface area contributed by atoms with Crippen LogP contribution >= 0.6 is 24.0 Å². The highest BCUT2D eigenvalue weighted by atomic mass is 35.5. The van der Waals surface area contributed by atoms with Gasteiger partial charge in [0.05, 0.1) is 5.02 Å². The maximum Gasteiger partial charge on any atom is 0.138 e. The lowest BCUT2D eigenvalue weighted by Crippen LogP contribution is -2.54. The molecule has 1 aromatic rings. The summed E-state index contributed by atoms with van der Waals surface area (Å²) in [5, 5.41) is 3.56. The molecule has 0 bridgehead atoms. The van der Waals surface area contributed by atoms with E-state index in [1.165, 1.54) is 24.6 Å². The molecule has 1 aromatic carbocycles. The normalized spacial score (nSPS) is 16.4. The second-order valence-corrected chi connectivity index (χ2v) is 5.22. The van der Waals surface area contributed by atoms with Crippen molar-refractivity contribution >= 4 is 24.0 Å². The van der Waals surface area contributed by atoms with Gasteiger partial charge >= 0.3 is 0 Å². The maximum absolute atomic E-state index is 12.8. The van der Waals surface area contributed by atoms with E-state index in [-0.39, 0.29) is 23.8 Å². The van der Waals surface area contributed by atoms with E-state index in [0.717, 1.165) is 19.4 Å². The summed E-state index contributed by atoms with van der Waals surface area (Å²) in [7, 11) is 0. The molecule has 0 aliphatic heterocycles. The SMILES string of the molecule is Cl.NC1(CNCCOc2ccc(F)cc2Cl)CCC1. The summed E-state index contributed by atoms with van der Waals surface area (Å²) in [6.07, 6.45) is 3.40. The monoisotopic (exact) mass is 308 g/mol. The van der Waals surface area contributed by atoms with Crippen LogP contribution in [-0.2, 0) is 0 Å². The van der Waals surface area contributed by atoms with E-state index in [9.17, 15) is 4.39 Å². The number of benzene rings is 1. The number of ether oxygens (including phenoxy) is 1. The number of rotatable bonds is 6. The molecule has 1 saturated carbocycles. The van der Waals surface area contributed by atoms with Crippen LogP contribution in [0.5, 0.6) is 5.75 Å². The highest BCUT2D eigenvalue weighted by molar-refractivity contribution is 6.32. The molecule has 3 N–H and O–H groups in total. The largest absolute Gasteiger partial charge is 0.491 e. The van der Waals surface area contributed by atoms with Crippen molar-refractivity contribution in [1.82, 2.24) is 5.32 Å². The predicted octanol–water partition coefficient (Wildman–Crippen LogP) is 2.75. The van der Waals surface area contributed by atoms with Crippen LogP contribution in [0.1, 0.15) is 19.3 Å². The predicted molar refractivity (Wildman–Crippen MR) is 77.8 cm³/mol. The van der Waals surface area contributed by atoms with Crippen molar-refractivity contribution in [2.24, 2.45) is 5.73 Å². The molecule has 0 atom stereocenters. The van der Waals surface area contributed by atoms with Crippen molar-refractivity contribution in [2.75, 3.05) is 19.7 Å². The summed E-state index contributed by atoms with van der Waals surface area (Å²) in [5.74, 6) is 0.145. The van der Waals surface area contributed by atoms with Gasteiger partial charge in [-0.3, -0.25) is 0 Å². The highest BCUT2D eigenvalue weighted by Crippen LogP contribution is 2.28. The Balaban J connectivity index is 0.00000180. The molecule has 108 valence electrons. The van der Waals surface area contributed by atoms with Crippen LogP contribution in [0.25, 0.3) is 0 Å². The molecule has 0 amide bonds. The van der Waals surface area contributed by atoms with Gasteiger partial charge in [-0.2, -0.15) is 0 Å². The molecule has 0 saturated heterocycles. The third-order valence-corrected chi connectivity index (χ3v) is 3.55. The van der Waals surface area contributed by atoms with Crippen molar-refractivity contribution in [3.63, 3.8) is 0 Å². The first-order chi connectivity index (χ1) is 8.59. The van der Waals surface area contributed by atoms with E-state index in [1.54, 1.807) is 0 Å². The minimum Gasteiger partial charge on any atom is -0.491 e. The lowest BCUT2D eigenvalue weighted by molar-refractivity contribution is 0.230. The van der Waals surface area contributed by atoms with E-state index >= 15 is 0 Å². The van der Waals surface area contributed by atoms with E-state index in [1.807, 2.05) is 0 Å². The Morgan fingerprint density at radius 1 is 1.42 bits per heavy atom. The molecule has 0 heterocycles. The van der Waals surface area contributed by atoms with Crippen LogP contribution in [0.4, 0.5) is 4.39 Å². The fraction of sp³-hybridized carbons (Fsp3) is 0.538. The minimum atomic E-state index is -0.361. The third-order valence-electron chi connectivity index (χ3n) is 3.26. The molecule has 19 heavy (non-hydrogen) atoms. The fourth-order valence-electron chi connectivity index (χ4n) is 1.97. The smallest absolute Gasteiger partial charge is 0.138 e. The molecule has 0 aromatic heterocycles. The molecular weight excluding hydrogens is 290 g/mol. The fourth-order valence-corrected chi connectivity index (χ4v) is 2.19. The van der Waals surface area contributed by atoms with Gasteiger partial charge in [0.25, 0.3) is 0 Å². The molecule has 1 aliphatic rings. The molecular formula is C13H19Cl2FN2O. The quantitative estimate of drug-likeness (QED) is 0.794. The molecule has 0 radical (unpaired) electrons. The van der Waals surface area contributed by atoms with Gasteiger partial charge in [-0.1, -0.05) is 11.6 Å². The van der Waals surface area contributed by atoms with E-state index < -0.39 is 0 Å². The van der Waals surface area contributed by atoms with Gasteiger partial charge in [0, 0.05) is 18.6 Å². The maximum atomic E-state index is 12.8. The average molecular weight is 309 g/mol. The van der Waals surface area contributed by atoms with Gasteiger partial charge < -0.3 is 15.8 Å².